The number of hydrogen-bond acceptors (Lipinski definition) is 3. The van der Waals surface area contributed by atoms with Crippen LogP contribution in [0, 0.1) is 6.92 Å². The van der Waals surface area contributed by atoms with Crippen LogP contribution in [-0.4, -0.2) is 16.2 Å². The highest BCUT2D eigenvalue weighted by molar-refractivity contribution is 7.09. The fourth-order valence-corrected chi connectivity index (χ4v) is 2.80. The second-order valence-electron chi connectivity index (χ2n) is 4.61. The van der Waals surface area contributed by atoms with Crippen LogP contribution in [-0.2, 0) is 19.3 Å². The predicted molar refractivity (Wildman–Crippen MR) is 76.1 cm³/mol. The molecule has 1 atom stereocenters. The molecule has 0 radical (unpaired) electrons. The number of aryl methyl sites for hydroxylation is 2. The van der Waals surface area contributed by atoms with E-state index in [1.807, 2.05) is 12.3 Å². The maximum absolute atomic E-state index is 10.1. The number of thiazole rings is 1. The molecule has 1 N–H and O–H groups in total. The fraction of sp³-hybridized carbons (Fsp3) is 0.400. The van der Waals surface area contributed by atoms with E-state index in [1.54, 1.807) is 11.3 Å². The standard InChI is InChI=1S/C15H19NOS/c1-3-12-4-6-13(7-5-12)8-14(17)9-15-16-11(2)10-18-15/h4-7,10,14,17H,3,8-9H2,1-2H3. The lowest BCUT2D eigenvalue weighted by Crippen LogP contribution is -2.13. The molecule has 3 heteroatoms. The first-order valence-electron chi connectivity index (χ1n) is 6.34. The number of benzene rings is 1. The summed E-state index contributed by atoms with van der Waals surface area (Å²) in [5.41, 5.74) is 3.56. The first kappa shape index (κ1) is 13.2. The van der Waals surface area contributed by atoms with Crippen molar-refractivity contribution in [3.8, 4) is 0 Å². The van der Waals surface area contributed by atoms with Crippen molar-refractivity contribution in [3.05, 3.63) is 51.5 Å². The van der Waals surface area contributed by atoms with Crippen LogP contribution in [0.4, 0.5) is 0 Å². The summed E-state index contributed by atoms with van der Waals surface area (Å²) in [5, 5.41) is 13.1. The highest BCUT2D eigenvalue weighted by atomic mass is 32.1. The molecule has 0 spiro atoms. The zero-order valence-electron chi connectivity index (χ0n) is 10.9. The van der Waals surface area contributed by atoms with Crippen LogP contribution in [0.3, 0.4) is 0 Å². The highest BCUT2D eigenvalue weighted by Gasteiger charge is 2.09. The average molecular weight is 261 g/mol. The summed E-state index contributed by atoms with van der Waals surface area (Å²) in [6.45, 7) is 4.13. The summed E-state index contributed by atoms with van der Waals surface area (Å²) >= 11 is 1.62. The zero-order chi connectivity index (χ0) is 13.0. The van der Waals surface area contributed by atoms with Crippen molar-refractivity contribution in [2.75, 3.05) is 0 Å². The first-order valence-corrected chi connectivity index (χ1v) is 7.22. The lowest BCUT2D eigenvalue weighted by Gasteiger charge is -2.09. The molecule has 0 amide bonds. The smallest absolute Gasteiger partial charge is 0.0954 e. The van der Waals surface area contributed by atoms with Gasteiger partial charge in [-0.1, -0.05) is 31.2 Å². The molecule has 0 fully saturated rings. The molecule has 0 saturated heterocycles. The summed E-state index contributed by atoms with van der Waals surface area (Å²) in [4.78, 5) is 4.38. The van der Waals surface area contributed by atoms with Crippen molar-refractivity contribution < 1.29 is 5.11 Å². The van der Waals surface area contributed by atoms with Crippen LogP contribution in [0.25, 0.3) is 0 Å². The van der Waals surface area contributed by atoms with Crippen LogP contribution in [0.2, 0.25) is 0 Å². The highest BCUT2D eigenvalue weighted by Crippen LogP contribution is 2.14. The van der Waals surface area contributed by atoms with E-state index in [0.29, 0.717) is 12.8 Å². The molecule has 2 nitrogen and oxygen atoms in total. The van der Waals surface area contributed by atoms with Gasteiger partial charge in [0.1, 0.15) is 0 Å². The maximum atomic E-state index is 10.1. The van der Waals surface area contributed by atoms with Crippen LogP contribution >= 0.6 is 11.3 Å². The van der Waals surface area contributed by atoms with Crippen molar-refractivity contribution >= 4 is 11.3 Å². The van der Waals surface area contributed by atoms with Crippen LogP contribution in [0.15, 0.2) is 29.6 Å². The van der Waals surface area contributed by atoms with Crippen molar-refractivity contribution in [2.45, 2.75) is 39.2 Å². The summed E-state index contributed by atoms with van der Waals surface area (Å²) in [5.74, 6) is 0. The third-order valence-electron chi connectivity index (χ3n) is 2.98. The van der Waals surface area contributed by atoms with E-state index in [1.165, 1.54) is 11.1 Å². The lowest BCUT2D eigenvalue weighted by atomic mass is 10.0. The summed E-state index contributed by atoms with van der Waals surface area (Å²) in [6.07, 6.45) is 2.06. The van der Waals surface area contributed by atoms with E-state index < -0.39 is 0 Å². The number of nitrogens with zero attached hydrogens (tertiary/aromatic N) is 1. The molecular formula is C15H19NOS. The monoisotopic (exact) mass is 261 g/mol. The molecule has 0 bridgehead atoms. The number of hydrogen-bond donors (Lipinski definition) is 1. The Balaban J connectivity index is 1.91. The molecule has 0 saturated carbocycles. The van der Waals surface area contributed by atoms with Gasteiger partial charge in [-0.2, -0.15) is 0 Å². The van der Waals surface area contributed by atoms with Gasteiger partial charge in [0.2, 0.25) is 0 Å². The number of aliphatic hydroxyl groups is 1. The van der Waals surface area contributed by atoms with Crippen molar-refractivity contribution in [2.24, 2.45) is 0 Å². The van der Waals surface area contributed by atoms with E-state index in [2.05, 4.69) is 36.2 Å². The number of aliphatic hydroxyl groups excluding tert-OH is 1. The van der Waals surface area contributed by atoms with Crippen molar-refractivity contribution in [3.63, 3.8) is 0 Å². The van der Waals surface area contributed by atoms with Gasteiger partial charge in [0, 0.05) is 17.5 Å². The van der Waals surface area contributed by atoms with E-state index in [9.17, 15) is 5.11 Å². The number of aromatic nitrogens is 1. The van der Waals surface area contributed by atoms with Gasteiger partial charge in [0.25, 0.3) is 0 Å². The molecule has 1 aromatic carbocycles. The molecule has 2 aromatic rings. The minimum atomic E-state index is -0.344. The molecule has 18 heavy (non-hydrogen) atoms. The Kier molecular flexibility index (Phi) is 4.50. The van der Waals surface area contributed by atoms with E-state index in [0.717, 1.165) is 17.1 Å². The molecule has 96 valence electrons. The van der Waals surface area contributed by atoms with Gasteiger partial charge >= 0.3 is 0 Å². The van der Waals surface area contributed by atoms with E-state index >= 15 is 0 Å². The minimum Gasteiger partial charge on any atom is -0.392 e. The van der Waals surface area contributed by atoms with E-state index in [4.69, 9.17) is 0 Å². The van der Waals surface area contributed by atoms with Gasteiger partial charge in [0.15, 0.2) is 0 Å². The second-order valence-corrected chi connectivity index (χ2v) is 5.56. The molecule has 0 aliphatic carbocycles. The molecule has 1 aromatic heterocycles. The van der Waals surface area contributed by atoms with Gasteiger partial charge in [0.05, 0.1) is 11.1 Å². The largest absolute Gasteiger partial charge is 0.392 e. The summed E-state index contributed by atoms with van der Waals surface area (Å²) in [6, 6.07) is 8.48. The van der Waals surface area contributed by atoms with Gasteiger partial charge in [-0.05, 0) is 30.9 Å². The predicted octanol–water partition coefficient (Wildman–Crippen LogP) is 3.16. The molecule has 0 aliphatic heterocycles. The topological polar surface area (TPSA) is 33.1 Å². The Labute approximate surface area is 112 Å². The molecule has 2 rings (SSSR count). The van der Waals surface area contributed by atoms with E-state index in [-0.39, 0.29) is 6.10 Å². The molecule has 1 heterocycles. The Morgan fingerprint density at radius 3 is 2.39 bits per heavy atom. The molecular weight excluding hydrogens is 242 g/mol. The Morgan fingerprint density at radius 2 is 1.83 bits per heavy atom. The molecule has 1 unspecified atom stereocenters. The van der Waals surface area contributed by atoms with Crippen LogP contribution < -0.4 is 0 Å². The minimum absolute atomic E-state index is 0.344. The third kappa shape index (κ3) is 3.65. The van der Waals surface area contributed by atoms with Crippen molar-refractivity contribution in [1.82, 2.24) is 4.98 Å². The SMILES string of the molecule is CCc1ccc(CC(O)Cc2nc(C)cs2)cc1. The first-order chi connectivity index (χ1) is 8.67. The normalized spacial score (nSPS) is 12.6. The van der Waals surface area contributed by atoms with Crippen LogP contribution in [0.1, 0.15) is 28.8 Å². The molecule has 0 aliphatic rings. The van der Waals surface area contributed by atoms with Crippen molar-refractivity contribution in [1.29, 1.82) is 0 Å². The Bertz CT molecular complexity index is 489. The summed E-state index contributed by atoms with van der Waals surface area (Å²) < 4.78 is 0. The number of rotatable bonds is 5. The Hall–Kier alpha value is -1.19. The fourth-order valence-electron chi connectivity index (χ4n) is 1.95. The third-order valence-corrected chi connectivity index (χ3v) is 3.97. The van der Waals surface area contributed by atoms with Gasteiger partial charge in [-0.25, -0.2) is 4.98 Å². The van der Waals surface area contributed by atoms with Gasteiger partial charge in [-0.15, -0.1) is 11.3 Å². The van der Waals surface area contributed by atoms with Crippen LogP contribution in [0.5, 0.6) is 0 Å². The maximum Gasteiger partial charge on any atom is 0.0954 e. The van der Waals surface area contributed by atoms with Gasteiger partial charge < -0.3 is 5.11 Å². The second kappa shape index (κ2) is 6.12. The van der Waals surface area contributed by atoms with Gasteiger partial charge in [-0.3, -0.25) is 0 Å². The lowest BCUT2D eigenvalue weighted by molar-refractivity contribution is 0.175. The average Bonchev–Trinajstić information content (AvgIpc) is 2.75. The summed E-state index contributed by atoms with van der Waals surface area (Å²) in [7, 11) is 0. The zero-order valence-corrected chi connectivity index (χ0v) is 11.7. The quantitative estimate of drug-likeness (QED) is 0.897. The Morgan fingerprint density at radius 1 is 1.17 bits per heavy atom.